The quantitative estimate of drug-likeness (QED) is 0.785. The number of rotatable bonds is 5. The highest BCUT2D eigenvalue weighted by atomic mass is 16.7. The number of hydrogen-bond donors (Lipinski definition) is 2. The molecule has 2 N–H and O–H groups in total. The lowest BCUT2D eigenvalue weighted by atomic mass is 10.00. The Bertz CT molecular complexity index is 512. The van der Waals surface area contributed by atoms with Crippen molar-refractivity contribution >= 4 is 17.5 Å². The fourth-order valence-corrected chi connectivity index (χ4v) is 2.07. The minimum absolute atomic E-state index is 0.0118. The van der Waals surface area contributed by atoms with Gasteiger partial charge >= 0.3 is 0 Å². The normalized spacial score (nSPS) is 13.8. The van der Waals surface area contributed by atoms with E-state index < -0.39 is 6.29 Å². The summed E-state index contributed by atoms with van der Waals surface area (Å²) in [5.41, 5.74) is 2.32. The third kappa shape index (κ3) is 3.34. The maximum absolute atomic E-state index is 12.0. The van der Waals surface area contributed by atoms with Crippen LogP contribution in [0.15, 0.2) is 18.2 Å². The average Bonchev–Trinajstić information content (AvgIpc) is 2.47. The molecular weight excluding hydrogens is 260 g/mol. The van der Waals surface area contributed by atoms with Crippen molar-refractivity contribution in [2.75, 3.05) is 26.1 Å². The van der Waals surface area contributed by atoms with Crippen LogP contribution in [0.5, 0.6) is 0 Å². The summed E-state index contributed by atoms with van der Waals surface area (Å²) in [6.45, 7) is 0.277. The molecule has 0 fully saturated rings. The zero-order valence-corrected chi connectivity index (χ0v) is 11.6. The third-order valence-electron chi connectivity index (χ3n) is 3.22. The molecule has 108 valence electrons. The van der Waals surface area contributed by atoms with Gasteiger partial charge in [0.2, 0.25) is 5.91 Å². The standard InChI is InChI=1S/C14H18N2O4/c1-19-13(20-2)8-15-14(18)10-3-5-11-9(7-10)4-6-12(17)16-11/h3,5,7,13H,4,6,8H2,1-2H3,(H,15,18)(H,16,17). The number of nitrogens with one attached hydrogen (secondary N) is 2. The van der Waals surface area contributed by atoms with Crippen molar-refractivity contribution in [3.05, 3.63) is 29.3 Å². The van der Waals surface area contributed by atoms with E-state index in [0.717, 1.165) is 11.3 Å². The molecule has 0 saturated carbocycles. The van der Waals surface area contributed by atoms with Gasteiger partial charge in [0.05, 0.1) is 6.54 Å². The Labute approximate surface area is 117 Å². The predicted molar refractivity (Wildman–Crippen MR) is 73.5 cm³/mol. The Hall–Kier alpha value is -1.92. The van der Waals surface area contributed by atoms with Crippen molar-refractivity contribution in [1.82, 2.24) is 5.32 Å². The predicted octanol–water partition coefficient (Wildman–Crippen LogP) is 0.920. The topological polar surface area (TPSA) is 76.7 Å². The zero-order valence-electron chi connectivity index (χ0n) is 11.6. The minimum Gasteiger partial charge on any atom is -0.354 e. The molecule has 0 radical (unpaired) electrons. The van der Waals surface area contributed by atoms with Crippen LogP contribution in [0.4, 0.5) is 5.69 Å². The number of anilines is 1. The van der Waals surface area contributed by atoms with Crippen molar-refractivity contribution in [3.8, 4) is 0 Å². The van der Waals surface area contributed by atoms with Gasteiger partial charge in [0.25, 0.3) is 5.91 Å². The monoisotopic (exact) mass is 278 g/mol. The van der Waals surface area contributed by atoms with Crippen LogP contribution in [0.1, 0.15) is 22.3 Å². The number of hydrogen-bond acceptors (Lipinski definition) is 4. The first-order valence-electron chi connectivity index (χ1n) is 6.40. The van der Waals surface area contributed by atoms with Gasteiger partial charge in [0.1, 0.15) is 0 Å². The van der Waals surface area contributed by atoms with E-state index in [1.165, 1.54) is 14.2 Å². The number of methoxy groups -OCH3 is 2. The number of amides is 2. The first-order chi connectivity index (χ1) is 9.63. The molecule has 0 aliphatic carbocycles. The molecule has 1 aromatic carbocycles. The van der Waals surface area contributed by atoms with Crippen LogP contribution in [-0.4, -0.2) is 38.9 Å². The summed E-state index contributed by atoms with van der Waals surface area (Å²) in [5, 5.41) is 5.52. The first kappa shape index (κ1) is 14.5. The molecule has 0 unspecified atom stereocenters. The number of ether oxygens (including phenoxy) is 2. The highest BCUT2D eigenvalue weighted by Gasteiger charge is 2.17. The first-order valence-corrected chi connectivity index (χ1v) is 6.40. The fourth-order valence-electron chi connectivity index (χ4n) is 2.07. The van der Waals surface area contributed by atoms with Gasteiger partial charge in [-0.25, -0.2) is 0 Å². The van der Waals surface area contributed by atoms with E-state index >= 15 is 0 Å². The van der Waals surface area contributed by atoms with Crippen molar-refractivity contribution in [2.45, 2.75) is 19.1 Å². The number of fused-ring (bicyclic) bond motifs is 1. The van der Waals surface area contributed by atoms with Gasteiger partial charge in [0, 0.05) is 31.9 Å². The molecule has 1 aliphatic rings. The van der Waals surface area contributed by atoms with Gasteiger partial charge < -0.3 is 20.1 Å². The number of carbonyl (C=O) groups excluding carboxylic acids is 2. The molecule has 6 heteroatoms. The molecule has 2 rings (SSSR count). The van der Waals surface area contributed by atoms with Crippen molar-refractivity contribution in [1.29, 1.82) is 0 Å². The number of aryl methyl sites for hydroxylation is 1. The summed E-state index contributed by atoms with van der Waals surface area (Å²) in [6, 6.07) is 5.25. The molecule has 0 saturated heterocycles. The van der Waals surface area contributed by atoms with Gasteiger partial charge in [-0.05, 0) is 30.2 Å². The summed E-state index contributed by atoms with van der Waals surface area (Å²) in [5.74, 6) is -0.179. The van der Waals surface area contributed by atoms with Crippen molar-refractivity contribution in [3.63, 3.8) is 0 Å². The molecule has 0 atom stereocenters. The van der Waals surface area contributed by atoms with Gasteiger partial charge in [0.15, 0.2) is 6.29 Å². The lowest BCUT2D eigenvalue weighted by Crippen LogP contribution is -2.34. The maximum Gasteiger partial charge on any atom is 0.251 e. The Kier molecular flexibility index (Phi) is 4.70. The highest BCUT2D eigenvalue weighted by Crippen LogP contribution is 2.23. The van der Waals surface area contributed by atoms with Crippen LogP contribution < -0.4 is 10.6 Å². The molecule has 1 heterocycles. The third-order valence-corrected chi connectivity index (χ3v) is 3.22. The van der Waals surface area contributed by atoms with Crippen LogP contribution in [0, 0.1) is 0 Å². The Balaban J connectivity index is 2.02. The second-order valence-electron chi connectivity index (χ2n) is 4.53. The maximum atomic E-state index is 12.0. The zero-order chi connectivity index (χ0) is 14.5. The molecule has 1 aliphatic heterocycles. The van der Waals surface area contributed by atoms with Gasteiger partial charge in [-0.3, -0.25) is 9.59 Å². The van der Waals surface area contributed by atoms with Gasteiger partial charge in [-0.15, -0.1) is 0 Å². The summed E-state index contributed by atoms with van der Waals surface area (Å²) in [7, 11) is 3.03. The summed E-state index contributed by atoms with van der Waals surface area (Å²) < 4.78 is 10.0. The second kappa shape index (κ2) is 6.49. The smallest absolute Gasteiger partial charge is 0.251 e. The fraction of sp³-hybridized carbons (Fsp3) is 0.429. The van der Waals surface area contributed by atoms with Crippen LogP contribution in [0.2, 0.25) is 0 Å². The van der Waals surface area contributed by atoms with Crippen LogP contribution >= 0.6 is 0 Å². The lowest BCUT2D eigenvalue weighted by molar-refractivity contribution is -0.116. The van der Waals surface area contributed by atoms with Crippen LogP contribution in [0.3, 0.4) is 0 Å². The van der Waals surface area contributed by atoms with E-state index in [2.05, 4.69) is 10.6 Å². The summed E-state index contributed by atoms with van der Waals surface area (Å²) in [4.78, 5) is 23.3. The van der Waals surface area contributed by atoms with E-state index in [1.807, 2.05) is 0 Å². The number of benzene rings is 1. The molecular formula is C14H18N2O4. The van der Waals surface area contributed by atoms with E-state index in [1.54, 1.807) is 18.2 Å². The Morgan fingerprint density at radius 1 is 1.35 bits per heavy atom. The minimum atomic E-state index is -0.462. The van der Waals surface area contributed by atoms with E-state index in [4.69, 9.17) is 9.47 Å². The van der Waals surface area contributed by atoms with Crippen LogP contribution in [0.25, 0.3) is 0 Å². The summed E-state index contributed by atoms with van der Waals surface area (Å²) in [6.07, 6.45) is 0.644. The molecule has 2 amide bonds. The molecule has 1 aromatic rings. The molecule has 0 aromatic heterocycles. The highest BCUT2D eigenvalue weighted by molar-refractivity contribution is 5.97. The van der Waals surface area contributed by atoms with E-state index in [0.29, 0.717) is 18.4 Å². The van der Waals surface area contributed by atoms with Gasteiger partial charge in [-0.2, -0.15) is 0 Å². The average molecular weight is 278 g/mol. The largest absolute Gasteiger partial charge is 0.354 e. The molecule has 6 nitrogen and oxygen atoms in total. The van der Waals surface area contributed by atoms with Gasteiger partial charge in [-0.1, -0.05) is 0 Å². The molecule has 0 bridgehead atoms. The van der Waals surface area contributed by atoms with Crippen molar-refractivity contribution < 1.29 is 19.1 Å². The molecule has 0 spiro atoms. The SMILES string of the molecule is COC(CNC(=O)c1ccc2c(c1)CCC(=O)N2)OC. The van der Waals surface area contributed by atoms with Crippen molar-refractivity contribution in [2.24, 2.45) is 0 Å². The second-order valence-corrected chi connectivity index (χ2v) is 4.53. The number of carbonyl (C=O) groups is 2. The molecule has 20 heavy (non-hydrogen) atoms. The Morgan fingerprint density at radius 3 is 2.80 bits per heavy atom. The van der Waals surface area contributed by atoms with E-state index in [9.17, 15) is 9.59 Å². The Morgan fingerprint density at radius 2 is 2.10 bits per heavy atom. The van der Waals surface area contributed by atoms with Crippen LogP contribution in [-0.2, 0) is 20.7 Å². The summed E-state index contributed by atoms with van der Waals surface area (Å²) >= 11 is 0. The lowest BCUT2D eigenvalue weighted by Gasteiger charge is -2.18. The van der Waals surface area contributed by atoms with E-state index in [-0.39, 0.29) is 18.4 Å².